The highest BCUT2D eigenvalue weighted by molar-refractivity contribution is 6.00. The number of amides is 1. The lowest BCUT2D eigenvalue weighted by molar-refractivity contribution is -0.149. The van der Waals surface area contributed by atoms with Gasteiger partial charge in [0, 0.05) is 23.2 Å². The van der Waals surface area contributed by atoms with Gasteiger partial charge in [0.15, 0.2) is 0 Å². The molecule has 1 unspecified atom stereocenters. The fourth-order valence-electron chi connectivity index (χ4n) is 3.16. The van der Waals surface area contributed by atoms with E-state index < -0.39 is 11.5 Å². The van der Waals surface area contributed by atoms with Crippen LogP contribution in [0.2, 0.25) is 0 Å². The SMILES string of the molecule is CCC(C)(C(=O)O)N1CCc2cc(C#Cc3ccccc3)ccc2C1=O. The summed E-state index contributed by atoms with van der Waals surface area (Å²) in [6.45, 7) is 3.80. The lowest BCUT2D eigenvalue weighted by Crippen LogP contribution is -2.57. The van der Waals surface area contributed by atoms with Crippen LogP contribution in [0.4, 0.5) is 0 Å². The summed E-state index contributed by atoms with van der Waals surface area (Å²) in [5.74, 6) is 5.05. The second kappa shape index (κ2) is 7.05. The van der Waals surface area contributed by atoms with Crippen molar-refractivity contribution in [3.63, 3.8) is 0 Å². The summed E-state index contributed by atoms with van der Waals surface area (Å²) in [6.07, 6.45) is 0.995. The number of rotatable bonds is 3. The fourth-order valence-corrected chi connectivity index (χ4v) is 3.16. The molecule has 0 saturated heterocycles. The first-order valence-electron chi connectivity index (χ1n) is 8.71. The predicted octanol–water partition coefficient (Wildman–Crippen LogP) is 3.34. The van der Waals surface area contributed by atoms with Gasteiger partial charge >= 0.3 is 5.97 Å². The summed E-state index contributed by atoms with van der Waals surface area (Å²) in [7, 11) is 0. The van der Waals surface area contributed by atoms with E-state index in [2.05, 4.69) is 11.8 Å². The summed E-state index contributed by atoms with van der Waals surface area (Å²) in [6, 6.07) is 15.2. The van der Waals surface area contributed by atoms with Crippen molar-refractivity contribution in [1.29, 1.82) is 0 Å². The monoisotopic (exact) mass is 347 g/mol. The average Bonchev–Trinajstić information content (AvgIpc) is 2.66. The number of carboxylic acids is 1. The molecule has 2 aromatic rings. The van der Waals surface area contributed by atoms with E-state index in [-0.39, 0.29) is 5.91 Å². The zero-order valence-corrected chi connectivity index (χ0v) is 15.0. The highest BCUT2D eigenvalue weighted by Crippen LogP contribution is 2.28. The molecule has 1 amide bonds. The second-order valence-corrected chi connectivity index (χ2v) is 6.63. The fraction of sp³-hybridized carbons (Fsp3) is 0.273. The van der Waals surface area contributed by atoms with Crippen LogP contribution in [-0.4, -0.2) is 34.0 Å². The number of carboxylic acid groups (broad SMARTS) is 1. The standard InChI is InChI=1S/C22H21NO3/c1-3-22(2,21(25)26)23-14-13-18-15-17(11-12-19(18)20(23)24)10-9-16-7-5-4-6-8-16/h4-8,11-12,15H,3,13-14H2,1-2H3,(H,25,26). The predicted molar refractivity (Wildman–Crippen MR) is 99.9 cm³/mol. The summed E-state index contributed by atoms with van der Waals surface area (Å²) >= 11 is 0. The Hall–Kier alpha value is -3.06. The number of nitrogens with zero attached hydrogens (tertiary/aromatic N) is 1. The van der Waals surface area contributed by atoms with Gasteiger partial charge in [0.2, 0.25) is 0 Å². The first-order valence-corrected chi connectivity index (χ1v) is 8.71. The third-order valence-electron chi connectivity index (χ3n) is 5.06. The molecule has 1 heterocycles. The summed E-state index contributed by atoms with van der Waals surface area (Å²) < 4.78 is 0. The van der Waals surface area contributed by atoms with Gasteiger partial charge in [-0.15, -0.1) is 0 Å². The average molecular weight is 347 g/mol. The van der Waals surface area contributed by atoms with Crippen molar-refractivity contribution < 1.29 is 14.7 Å². The molecule has 0 saturated carbocycles. The van der Waals surface area contributed by atoms with Crippen LogP contribution in [0.1, 0.15) is 47.3 Å². The third kappa shape index (κ3) is 3.21. The van der Waals surface area contributed by atoms with Crippen molar-refractivity contribution in [2.75, 3.05) is 6.54 Å². The van der Waals surface area contributed by atoms with Crippen molar-refractivity contribution in [3.05, 3.63) is 70.8 Å². The molecule has 0 bridgehead atoms. The molecule has 26 heavy (non-hydrogen) atoms. The summed E-state index contributed by atoms with van der Waals surface area (Å²) in [4.78, 5) is 26.0. The molecule has 1 N–H and O–H groups in total. The molecule has 0 aromatic heterocycles. The number of carbonyl (C=O) groups is 2. The quantitative estimate of drug-likeness (QED) is 0.867. The number of aliphatic carboxylic acids is 1. The highest BCUT2D eigenvalue weighted by Gasteiger charge is 2.42. The van der Waals surface area contributed by atoms with Crippen LogP contribution < -0.4 is 0 Å². The van der Waals surface area contributed by atoms with Gasteiger partial charge in [-0.1, -0.05) is 37.0 Å². The maximum Gasteiger partial charge on any atom is 0.329 e. The number of fused-ring (bicyclic) bond motifs is 1. The van der Waals surface area contributed by atoms with E-state index in [1.807, 2.05) is 42.5 Å². The maximum absolute atomic E-state index is 12.8. The first-order chi connectivity index (χ1) is 12.5. The normalized spacial score (nSPS) is 15.5. The molecule has 4 nitrogen and oxygen atoms in total. The molecule has 0 fully saturated rings. The zero-order valence-electron chi connectivity index (χ0n) is 15.0. The summed E-state index contributed by atoms with van der Waals surface area (Å²) in [5.41, 5.74) is 2.11. The van der Waals surface area contributed by atoms with Crippen molar-refractivity contribution >= 4 is 11.9 Å². The van der Waals surface area contributed by atoms with Gasteiger partial charge in [0.05, 0.1) is 0 Å². The first kappa shape index (κ1) is 17.8. The number of carbonyl (C=O) groups excluding carboxylic acids is 1. The molecule has 1 aliphatic heterocycles. The Morgan fingerprint density at radius 1 is 1.15 bits per heavy atom. The minimum Gasteiger partial charge on any atom is -0.480 e. The van der Waals surface area contributed by atoms with E-state index in [1.54, 1.807) is 19.9 Å². The Balaban J connectivity index is 1.89. The van der Waals surface area contributed by atoms with E-state index in [0.29, 0.717) is 24.9 Å². The lowest BCUT2D eigenvalue weighted by Gasteiger charge is -2.40. The minimum atomic E-state index is -1.18. The molecule has 1 atom stereocenters. The van der Waals surface area contributed by atoms with E-state index >= 15 is 0 Å². The second-order valence-electron chi connectivity index (χ2n) is 6.63. The van der Waals surface area contributed by atoms with Crippen molar-refractivity contribution in [3.8, 4) is 11.8 Å². The Morgan fingerprint density at radius 3 is 2.50 bits per heavy atom. The Morgan fingerprint density at radius 2 is 1.85 bits per heavy atom. The molecule has 0 aliphatic carbocycles. The number of hydrogen-bond acceptors (Lipinski definition) is 2. The van der Waals surface area contributed by atoms with Crippen LogP contribution in [0.25, 0.3) is 0 Å². The molecule has 132 valence electrons. The molecule has 1 aliphatic rings. The molecule has 4 heteroatoms. The van der Waals surface area contributed by atoms with Crippen LogP contribution in [0, 0.1) is 11.8 Å². The van der Waals surface area contributed by atoms with Gasteiger partial charge in [-0.05, 0) is 55.7 Å². The number of hydrogen-bond donors (Lipinski definition) is 1. The Kier molecular flexibility index (Phi) is 4.81. The van der Waals surface area contributed by atoms with E-state index in [4.69, 9.17) is 0 Å². The van der Waals surface area contributed by atoms with Crippen molar-refractivity contribution in [2.24, 2.45) is 0 Å². The lowest BCUT2D eigenvalue weighted by atomic mass is 9.89. The van der Waals surface area contributed by atoms with Gasteiger partial charge in [0.1, 0.15) is 5.54 Å². The van der Waals surface area contributed by atoms with Gasteiger partial charge in [-0.3, -0.25) is 4.79 Å². The van der Waals surface area contributed by atoms with Crippen LogP contribution in [0.5, 0.6) is 0 Å². The van der Waals surface area contributed by atoms with Gasteiger partial charge in [-0.25, -0.2) is 4.79 Å². The third-order valence-corrected chi connectivity index (χ3v) is 5.06. The van der Waals surface area contributed by atoms with Gasteiger partial charge < -0.3 is 10.0 Å². The molecule has 0 spiro atoms. The number of benzene rings is 2. The Labute approximate surface area is 153 Å². The van der Waals surface area contributed by atoms with Gasteiger partial charge in [0.25, 0.3) is 5.91 Å². The smallest absolute Gasteiger partial charge is 0.329 e. The molecular formula is C22H21NO3. The van der Waals surface area contributed by atoms with E-state index in [9.17, 15) is 14.7 Å². The summed E-state index contributed by atoms with van der Waals surface area (Å²) in [5, 5.41) is 9.56. The molecule has 0 radical (unpaired) electrons. The zero-order chi connectivity index (χ0) is 18.7. The molecule has 2 aromatic carbocycles. The largest absolute Gasteiger partial charge is 0.480 e. The van der Waals surface area contributed by atoms with E-state index in [1.165, 1.54) is 4.90 Å². The molecule has 3 rings (SSSR count). The van der Waals surface area contributed by atoms with Crippen LogP contribution >= 0.6 is 0 Å². The van der Waals surface area contributed by atoms with Crippen LogP contribution in [0.15, 0.2) is 48.5 Å². The maximum atomic E-state index is 12.8. The van der Waals surface area contributed by atoms with Crippen molar-refractivity contribution in [2.45, 2.75) is 32.2 Å². The van der Waals surface area contributed by atoms with Gasteiger partial charge in [-0.2, -0.15) is 0 Å². The van der Waals surface area contributed by atoms with Crippen molar-refractivity contribution in [1.82, 2.24) is 4.90 Å². The topological polar surface area (TPSA) is 57.6 Å². The molecular weight excluding hydrogens is 326 g/mol. The highest BCUT2D eigenvalue weighted by atomic mass is 16.4. The van der Waals surface area contributed by atoms with Crippen LogP contribution in [-0.2, 0) is 11.2 Å². The van der Waals surface area contributed by atoms with E-state index in [0.717, 1.165) is 16.7 Å². The minimum absolute atomic E-state index is 0.222. The van der Waals surface area contributed by atoms with Crippen LogP contribution in [0.3, 0.4) is 0 Å². The Bertz CT molecular complexity index is 908.